The van der Waals surface area contributed by atoms with Crippen LogP contribution in [0.25, 0.3) is 0 Å². The van der Waals surface area contributed by atoms with Gasteiger partial charge in [-0.25, -0.2) is 0 Å². The Morgan fingerprint density at radius 3 is 2.68 bits per heavy atom. The fourth-order valence-corrected chi connectivity index (χ4v) is 3.16. The number of nitrogens with zero attached hydrogens (tertiary/aromatic N) is 2. The molecular formula is C20H34N4O. The Morgan fingerprint density at radius 1 is 1.32 bits per heavy atom. The summed E-state index contributed by atoms with van der Waals surface area (Å²) < 4.78 is 5.46. The van der Waals surface area contributed by atoms with Crippen molar-refractivity contribution in [2.24, 2.45) is 10.9 Å². The highest BCUT2D eigenvalue weighted by Crippen LogP contribution is 2.34. The van der Waals surface area contributed by atoms with Crippen molar-refractivity contribution >= 4 is 5.96 Å². The van der Waals surface area contributed by atoms with E-state index in [0.29, 0.717) is 6.04 Å². The number of ether oxygens (including phenoxy) is 1. The molecule has 0 aromatic heterocycles. The number of hydrogen-bond donors (Lipinski definition) is 2. The van der Waals surface area contributed by atoms with Gasteiger partial charge in [0.1, 0.15) is 5.75 Å². The van der Waals surface area contributed by atoms with Gasteiger partial charge in [-0.2, -0.15) is 0 Å². The average Bonchev–Trinajstić information content (AvgIpc) is 3.40. The van der Waals surface area contributed by atoms with Gasteiger partial charge in [0.05, 0.1) is 13.7 Å². The van der Waals surface area contributed by atoms with Gasteiger partial charge in [-0.05, 0) is 64.8 Å². The SMILES string of the molecule is CCNC(=NCC(C1CC1)N(C)C)NCCc1cc(C)ccc1OC. The van der Waals surface area contributed by atoms with Crippen molar-refractivity contribution in [3.8, 4) is 5.75 Å². The second kappa shape index (κ2) is 9.66. The van der Waals surface area contributed by atoms with Crippen LogP contribution in [0.4, 0.5) is 0 Å². The maximum absolute atomic E-state index is 5.46. The molecule has 0 amide bonds. The van der Waals surface area contributed by atoms with Crippen LogP contribution < -0.4 is 15.4 Å². The number of likely N-dealkylation sites (N-methyl/N-ethyl adjacent to an activating group) is 1. The topological polar surface area (TPSA) is 48.9 Å². The van der Waals surface area contributed by atoms with E-state index >= 15 is 0 Å². The maximum Gasteiger partial charge on any atom is 0.191 e. The molecule has 1 fully saturated rings. The van der Waals surface area contributed by atoms with Crippen molar-refractivity contribution in [2.45, 2.75) is 39.2 Å². The van der Waals surface area contributed by atoms with Gasteiger partial charge in [-0.1, -0.05) is 17.7 Å². The number of aliphatic imine (C=N–C) groups is 1. The molecule has 1 aromatic carbocycles. The Hall–Kier alpha value is -1.75. The Balaban J connectivity index is 1.90. The van der Waals surface area contributed by atoms with E-state index in [2.05, 4.69) is 55.6 Å². The number of methoxy groups -OCH3 is 1. The van der Waals surface area contributed by atoms with Crippen molar-refractivity contribution < 1.29 is 4.74 Å². The summed E-state index contributed by atoms with van der Waals surface area (Å²) in [5, 5.41) is 6.81. The standard InChI is InChI=1S/C20H34N4O/c1-6-21-20(23-14-18(24(3)4)16-8-9-16)22-12-11-17-13-15(2)7-10-19(17)25-5/h7,10,13,16,18H,6,8-9,11-12,14H2,1-5H3,(H2,21,22,23). The first-order valence-corrected chi connectivity index (χ1v) is 9.37. The second-order valence-electron chi connectivity index (χ2n) is 7.08. The second-order valence-corrected chi connectivity index (χ2v) is 7.08. The molecule has 2 N–H and O–H groups in total. The summed E-state index contributed by atoms with van der Waals surface area (Å²) in [7, 11) is 6.04. The van der Waals surface area contributed by atoms with Gasteiger partial charge < -0.3 is 20.3 Å². The first kappa shape index (κ1) is 19.6. The molecule has 5 heteroatoms. The molecule has 1 unspecified atom stereocenters. The van der Waals surface area contributed by atoms with Crippen LogP contribution in [0.3, 0.4) is 0 Å². The molecule has 1 saturated carbocycles. The van der Waals surface area contributed by atoms with E-state index in [1.807, 2.05) is 6.07 Å². The van der Waals surface area contributed by atoms with E-state index in [9.17, 15) is 0 Å². The minimum absolute atomic E-state index is 0.548. The third kappa shape index (κ3) is 6.24. The molecule has 1 atom stereocenters. The maximum atomic E-state index is 5.46. The van der Waals surface area contributed by atoms with Crippen molar-refractivity contribution in [3.05, 3.63) is 29.3 Å². The molecule has 1 aromatic rings. The van der Waals surface area contributed by atoms with Crippen LogP contribution in [0.5, 0.6) is 5.75 Å². The van der Waals surface area contributed by atoms with Crippen LogP contribution in [-0.4, -0.2) is 57.7 Å². The predicted octanol–water partition coefficient (Wildman–Crippen LogP) is 2.44. The third-order valence-electron chi connectivity index (χ3n) is 4.73. The molecule has 140 valence electrons. The molecule has 5 nitrogen and oxygen atoms in total. The number of guanidine groups is 1. The lowest BCUT2D eigenvalue weighted by Crippen LogP contribution is -2.40. The quantitative estimate of drug-likeness (QED) is 0.533. The van der Waals surface area contributed by atoms with E-state index in [-0.39, 0.29) is 0 Å². The molecule has 0 radical (unpaired) electrons. The highest BCUT2D eigenvalue weighted by Gasteiger charge is 2.32. The summed E-state index contributed by atoms with van der Waals surface area (Å²) in [4.78, 5) is 7.12. The van der Waals surface area contributed by atoms with Crippen molar-refractivity contribution in [1.82, 2.24) is 15.5 Å². The number of rotatable bonds is 9. The number of aryl methyl sites for hydroxylation is 1. The molecule has 0 bridgehead atoms. The van der Waals surface area contributed by atoms with Gasteiger partial charge >= 0.3 is 0 Å². The van der Waals surface area contributed by atoms with E-state index in [4.69, 9.17) is 9.73 Å². The smallest absolute Gasteiger partial charge is 0.191 e. The first-order valence-electron chi connectivity index (χ1n) is 9.37. The first-order chi connectivity index (χ1) is 12.0. The summed E-state index contributed by atoms with van der Waals surface area (Å²) in [5.74, 6) is 2.68. The predicted molar refractivity (Wildman–Crippen MR) is 106 cm³/mol. The summed E-state index contributed by atoms with van der Waals surface area (Å²) in [6.45, 7) is 6.77. The molecule has 1 aliphatic carbocycles. The molecule has 0 saturated heterocycles. The zero-order valence-corrected chi connectivity index (χ0v) is 16.4. The van der Waals surface area contributed by atoms with Gasteiger partial charge in [0.15, 0.2) is 5.96 Å². The van der Waals surface area contributed by atoms with Crippen LogP contribution in [0, 0.1) is 12.8 Å². The number of nitrogens with one attached hydrogen (secondary N) is 2. The lowest BCUT2D eigenvalue weighted by Gasteiger charge is -2.23. The van der Waals surface area contributed by atoms with Gasteiger partial charge in [0, 0.05) is 19.1 Å². The Kier molecular flexibility index (Phi) is 7.56. The lowest BCUT2D eigenvalue weighted by atomic mass is 10.1. The number of benzene rings is 1. The van der Waals surface area contributed by atoms with E-state index in [1.165, 1.54) is 24.0 Å². The molecular weight excluding hydrogens is 312 g/mol. The largest absolute Gasteiger partial charge is 0.496 e. The molecule has 25 heavy (non-hydrogen) atoms. The van der Waals surface area contributed by atoms with Gasteiger partial charge in [-0.3, -0.25) is 4.99 Å². The lowest BCUT2D eigenvalue weighted by molar-refractivity contribution is 0.271. The van der Waals surface area contributed by atoms with Crippen LogP contribution in [-0.2, 0) is 6.42 Å². The van der Waals surface area contributed by atoms with Crippen molar-refractivity contribution in [3.63, 3.8) is 0 Å². The van der Waals surface area contributed by atoms with E-state index in [1.54, 1.807) is 7.11 Å². The summed E-state index contributed by atoms with van der Waals surface area (Å²) >= 11 is 0. The van der Waals surface area contributed by atoms with Crippen LogP contribution in [0.2, 0.25) is 0 Å². The fraction of sp³-hybridized carbons (Fsp3) is 0.650. The highest BCUT2D eigenvalue weighted by molar-refractivity contribution is 5.79. The van der Waals surface area contributed by atoms with Gasteiger partial charge in [0.25, 0.3) is 0 Å². The zero-order chi connectivity index (χ0) is 18.2. The minimum Gasteiger partial charge on any atom is -0.496 e. The van der Waals surface area contributed by atoms with Crippen LogP contribution in [0.1, 0.15) is 30.9 Å². The monoisotopic (exact) mass is 346 g/mol. The van der Waals surface area contributed by atoms with E-state index < -0.39 is 0 Å². The van der Waals surface area contributed by atoms with E-state index in [0.717, 1.165) is 43.7 Å². The number of hydrogen-bond acceptors (Lipinski definition) is 3. The zero-order valence-electron chi connectivity index (χ0n) is 16.4. The Labute approximate surface area is 152 Å². The Bertz CT molecular complexity index is 565. The average molecular weight is 347 g/mol. The van der Waals surface area contributed by atoms with Crippen LogP contribution >= 0.6 is 0 Å². The highest BCUT2D eigenvalue weighted by atomic mass is 16.5. The van der Waals surface area contributed by atoms with Gasteiger partial charge in [0.2, 0.25) is 0 Å². The Morgan fingerprint density at radius 2 is 2.08 bits per heavy atom. The molecule has 2 rings (SSSR count). The summed E-state index contributed by atoms with van der Waals surface area (Å²) in [6.07, 6.45) is 3.60. The van der Waals surface area contributed by atoms with Crippen molar-refractivity contribution in [1.29, 1.82) is 0 Å². The molecule has 0 aliphatic heterocycles. The summed E-state index contributed by atoms with van der Waals surface area (Å²) in [6, 6.07) is 6.87. The third-order valence-corrected chi connectivity index (χ3v) is 4.73. The minimum atomic E-state index is 0.548. The molecule has 0 spiro atoms. The molecule has 1 aliphatic rings. The fourth-order valence-electron chi connectivity index (χ4n) is 3.16. The normalized spacial score (nSPS) is 16.0. The van der Waals surface area contributed by atoms with Gasteiger partial charge in [-0.15, -0.1) is 0 Å². The van der Waals surface area contributed by atoms with Crippen LogP contribution in [0.15, 0.2) is 23.2 Å². The van der Waals surface area contributed by atoms with Crippen molar-refractivity contribution in [2.75, 3.05) is 40.8 Å². The summed E-state index contributed by atoms with van der Waals surface area (Å²) in [5.41, 5.74) is 2.49. The molecule has 0 heterocycles.